The van der Waals surface area contributed by atoms with Crippen molar-refractivity contribution in [2.75, 3.05) is 6.54 Å². The van der Waals surface area contributed by atoms with Gasteiger partial charge in [-0.1, -0.05) is 0 Å². The first-order valence-electron chi connectivity index (χ1n) is 6.95. The number of nitrogens with one attached hydrogen (secondary N) is 1. The average molecular weight is 253 g/mol. The van der Waals surface area contributed by atoms with Crippen LogP contribution in [0.15, 0.2) is 0 Å². The summed E-state index contributed by atoms with van der Waals surface area (Å²) in [6, 6.07) is -0.150. The maximum atomic E-state index is 12.5. The Bertz CT molecular complexity index is 332. The van der Waals surface area contributed by atoms with Gasteiger partial charge in [-0.15, -0.1) is 0 Å². The number of rotatable bonds is 2. The summed E-state index contributed by atoms with van der Waals surface area (Å²) >= 11 is 0. The fourth-order valence-electron chi connectivity index (χ4n) is 3.02. The van der Waals surface area contributed by atoms with Gasteiger partial charge in [-0.3, -0.25) is 9.59 Å². The number of primary amides is 1. The van der Waals surface area contributed by atoms with Crippen molar-refractivity contribution < 1.29 is 9.59 Å². The Labute approximate surface area is 108 Å². The molecule has 0 aliphatic carbocycles. The molecule has 0 aromatic carbocycles. The summed E-state index contributed by atoms with van der Waals surface area (Å²) in [7, 11) is 0. The maximum Gasteiger partial charge on any atom is 0.240 e. The molecule has 2 fully saturated rings. The van der Waals surface area contributed by atoms with Crippen molar-refractivity contribution in [2.24, 2.45) is 5.73 Å². The molecule has 2 aliphatic heterocycles. The number of hydrogen-bond acceptors (Lipinski definition) is 3. The van der Waals surface area contributed by atoms with E-state index in [1.54, 1.807) is 4.90 Å². The number of nitrogens with two attached hydrogens (primary N) is 1. The fraction of sp³-hybridized carbons (Fsp3) is 0.846. The number of carbonyl (C=O) groups excluding carboxylic acids is 2. The minimum absolute atomic E-state index is 0.0602. The largest absolute Gasteiger partial charge is 0.368 e. The number of carbonyl (C=O) groups is 2. The van der Waals surface area contributed by atoms with Gasteiger partial charge in [-0.05, 0) is 45.4 Å². The first-order chi connectivity index (χ1) is 8.59. The summed E-state index contributed by atoms with van der Waals surface area (Å²) in [4.78, 5) is 25.6. The van der Waals surface area contributed by atoms with E-state index in [0.29, 0.717) is 19.0 Å². The SMILES string of the molecule is CC1CCCC(C(=O)N2CCCCC2C(N)=O)N1. The molecule has 102 valence electrons. The molecule has 2 saturated heterocycles. The fourth-order valence-corrected chi connectivity index (χ4v) is 3.02. The molecule has 2 heterocycles. The standard InChI is InChI=1S/C13H23N3O2/c1-9-5-4-6-10(15-9)13(18)16-8-3-2-7-11(16)12(14)17/h9-11,15H,2-8H2,1H3,(H2,14,17). The topological polar surface area (TPSA) is 75.4 Å². The lowest BCUT2D eigenvalue weighted by atomic mass is 9.95. The van der Waals surface area contributed by atoms with Crippen LogP contribution in [0.3, 0.4) is 0 Å². The normalized spacial score (nSPS) is 33.2. The number of nitrogens with zero attached hydrogens (tertiary/aromatic N) is 1. The van der Waals surface area contributed by atoms with E-state index in [0.717, 1.165) is 32.1 Å². The van der Waals surface area contributed by atoms with Crippen molar-refractivity contribution in [1.82, 2.24) is 10.2 Å². The molecule has 2 aliphatic rings. The van der Waals surface area contributed by atoms with E-state index in [4.69, 9.17) is 5.73 Å². The van der Waals surface area contributed by atoms with Crippen LogP contribution in [0.2, 0.25) is 0 Å². The zero-order valence-electron chi connectivity index (χ0n) is 11.0. The molecular formula is C13H23N3O2. The van der Waals surface area contributed by atoms with Crippen LogP contribution >= 0.6 is 0 Å². The van der Waals surface area contributed by atoms with E-state index in [-0.39, 0.29) is 17.9 Å². The van der Waals surface area contributed by atoms with Gasteiger partial charge in [-0.25, -0.2) is 0 Å². The van der Waals surface area contributed by atoms with E-state index < -0.39 is 6.04 Å². The number of likely N-dealkylation sites (tertiary alicyclic amines) is 1. The second kappa shape index (κ2) is 5.69. The van der Waals surface area contributed by atoms with Crippen molar-refractivity contribution in [3.8, 4) is 0 Å². The molecule has 5 nitrogen and oxygen atoms in total. The van der Waals surface area contributed by atoms with Crippen LogP contribution in [0, 0.1) is 0 Å². The Kier molecular flexibility index (Phi) is 4.22. The second-order valence-electron chi connectivity index (χ2n) is 5.50. The molecule has 3 unspecified atom stereocenters. The zero-order valence-corrected chi connectivity index (χ0v) is 11.0. The quantitative estimate of drug-likeness (QED) is 0.747. The van der Waals surface area contributed by atoms with Gasteiger partial charge in [0.2, 0.25) is 11.8 Å². The molecular weight excluding hydrogens is 230 g/mol. The zero-order chi connectivity index (χ0) is 13.1. The van der Waals surface area contributed by atoms with E-state index in [1.165, 1.54) is 0 Å². The molecule has 0 saturated carbocycles. The van der Waals surface area contributed by atoms with Crippen molar-refractivity contribution in [3.05, 3.63) is 0 Å². The van der Waals surface area contributed by atoms with Crippen molar-refractivity contribution >= 4 is 11.8 Å². The molecule has 3 atom stereocenters. The van der Waals surface area contributed by atoms with Crippen molar-refractivity contribution in [2.45, 2.75) is 63.6 Å². The highest BCUT2D eigenvalue weighted by Crippen LogP contribution is 2.21. The summed E-state index contributed by atoms with van der Waals surface area (Å²) in [5.74, 6) is -0.308. The molecule has 5 heteroatoms. The van der Waals surface area contributed by atoms with Crippen LogP contribution < -0.4 is 11.1 Å². The van der Waals surface area contributed by atoms with Gasteiger partial charge in [0.1, 0.15) is 6.04 Å². The number of hydrogen-bond donors (Lipinski definition) is 2. The summed E-state index contributed by atoms with van der Waals surface area (Å²) in [6.45, 7) is 2.76. The van der Waals surface area contributed by atoms with Gasteiger partial charge in [0, 0.05) is 12.6 Å². The van der Waals surface area contributed by atoms with Crippen LogP contribution in [-0.4, -0.2) is 41.4 Å². The summed E-state index contributed by atoms with van der Waals surface area (Å²) < 4.78 is 0. The number of amides is 2. The van der Waals surface area contributed by atoms with Gasteiger partial charge in [-0.2, -0.15) is 0 Å². The Morgan fingerprint density at radius 3 is 2.61 bits per heavy atom. The Morgan fingerprint density at radius 2 is 1.94 bits per heavy atom. The Balaban J connectivity index is 2.03. The maximum absolute atomic E-state index is 12.5. The van der Waals surface area contributed by atoms with E-state index in [2.05, 4.69) is 12.2 Å². The van der Waals surface area contributed by atoms with E-state index in [1.807, 2.05) is 0 Å². The van der Waals surface area contributed by atoms with Gasteiger partial charge in [0.15, 0.2) is 0 Å². The highest BCUT2D eigenvalue weighted by Gasteiger charge is 2.35. The van der Waals surface area contributed by atoms with Crippen LogP contribution in [0.25, 0.3) is 0 Å². The molecule has 2 rings (SSSR count). The summed E-state index contributed by atoms with van der Waals surface area (Å²) in [6.07, 6.45) is 5.71. The third kappa shape index (κ3) is 2.83. The predicted molar refractivity (Wildman–Crippen MR) is 68.8 cm³/mol. The molecule has 0 spiro atoms. The van der Waals surface area contributed by atoms with Crippen LogP contribution in [-0.2, 0) is 9.59 Å². The monoisotopic (exact) mass is 253 g/mol. The van der Waals surface area contributed by atoms with Crippen LogP contribution in [0.1, 0.15) is 45.4 Å². The lowest BCUT2D eigenvalue weighted by Crippen LogP contribution is -2.58. The van der Waals surface area contributed by atoms with E-state index >= 15 is 0 Å². The molecule has 18 heavy (non-hydrogen) atoms. The summed E-state index contributed by atoms with van der Waals surface area (Å²) in [5, 5.41) is 3.33. The van der Waals surface area contributed by atoms with Crippen molar-refractivity contribution in [3.63, 3.8) is 0 Å². The highest BCUT2D eigenvalue weighted by atomic mass is 16.2. The first kappa shape index (κ1) is 13.3. The van der Waals surface area contributed by atoms with Crippen LogP contribution in [0.4, 0.5) is 0 Å². The molecule has 2 amide bonds. The Morgan fingerprint density at radius 1 is 1.17 bits per heavy atom. The Hall–Kier alpha value is -1.10. The van der Waals surface area contributed by atoms with Gasteiger partial charge >= 0.3 is 0 Å². The molecule has 3 N–H and O–H groups in total. The van der Waals surface area contributed by atoms with Gasteiger partial charge in [0.25, 0.3) is 0 Å². The van der Waals surface area contributed by atoms with E-state index in [9.17, 15) is 9.59 Å². The highest BCUT2D eigenvalue weighted by molar-refractivity contribution is 5.89. The first-order valence-corrected chi connectivity index (χ1v) is 6.95. The molecule has 0 bridgehead atoms. The predicted octanol–water partition coefficient (Wildman–Crippen LogP) is 0.383. The average Bonchev–Trinajstić information content (AvgIpc) is 2.38. The lowest BCUT2D eigenvalue weighted by molar-refractivity contribution is -0.143. The molecule has 0 aromatic rings. The minimum Gasteiger partial charge on any atom is -0.368 e. The van der Waals surface area contributed by atoms with Crippen molar-refractivity contribution in [1.29, 1.82) is 0 Å². The molecule has 0 aromatic heterocycles. The lowest BCUT2D eigenvalue weighted by Gasteiger charge is -2.38. The minimum atomic E-state index is -0.398. The third-order valence-electron chi connectivity index (χ3n) is 4.03. The van der Waals surface area contributed by atoms with Gasteiger partial charge in [0.05, 0.1) is 6.04 Å². The second-order valence-corrected chi connectivity index (χ2v) is 5.50. The molecule has 0 radical (unpaired) electrons. The van der Waals surface area contributed by atoms with Gasteiger partial charge < -0.3 is 16.0 Å². The smallest absolute Gasteiger partial charge is 0.240 e. The number of piperidine rings is 2. The van der Waals surface area contributed by atoms with Crippen LogP contribution in [0.5, 0.6) is 0 Å². The third-order valence-corrected chi connectivity index (χ3v) is 4.03. The summed E-state index contributed by atoms with van der Waals surface area (Å²) in [5.41, 5.74) is 5.40.